The molecule has 12 aromatic rings. The van der Waals surface area contributed by atoms with E-state index in [1.807, 2.05) is 12.1 Å². The first-order valence-electron chi connectivity index (χ1n) is 18.2. The molecule has 0 unspecified atom stereocenters. The highest BCUT2D eigenvalue weighted by Crippen LogP contribution is 2.45. The van der Waals surface area contributed by atoms with Gasteiger partial charge in [-0.25, -0.2) is 9.97 Å². The standard InChI is InChI=1S/C50H28N2OS/c1-2-12-30-25-31(22-21-29(30)11-1)33-27-42(46-39-17-7-9-19-43(39)53-44(46)28-33)50-51-47(49-48(52-50)40-18-8-10-20-45(40)54-49)32-23-24-38-36-15-4-3-13-34(36)35-14-5-6-16-37(35)41(38)26-32/h1-28H. The lowest BCUT2D eigenvalue weighted by atomic mass is 9.92. The van der Waals surface area contributed by atoms with Gasteiger partial charge in [0.15, 0.2) is 5.82 Å². The number of benzene rings is 9. The number of furan rings is 1. The van der Waals surface area contributed by atoms with E-state index in [0.717, 1.165) is 65.5 Å². The van der Waals surface area contributed by atoms with Crippen LogP contribution in [0.2, 0.25) is 0 Å². The van der Waals surface area contributed by atoms with E-state index in [-0.39, 0.29) is 0 Å². The molecule has 3 heterocycles. The van der Waals surface area contributed by atoms with Crippen LogP contribution in [0.5, 0.6) is 0 Å². The molecule has 4 heteroatoms. The SMILES string of the molecule is c1ccc2cc(-c3cc(-c4nc(-c5ccc6c7ccccc7c7ccccc7c6c5)c5sc6ccccc6c5n4)c4c(c3)oc3ccccc34)ccc2c1. The number of aromatic nitrogens is 2. The molecule has 9 aromatic carbocycles. The van der Waals surface area contributed by atoms with Crippen LogP contribution < -0.4 is 0 Å². The monoisotopic (exact) mass is 704 g/mol. The van der Waals surface area contributed by atoms with Crippen molar-refractivity contribution in [3.63, 3.8) is 0 Å². The fourth-order valence-corrected chi connectivity index (χ4v) is 9.68. The van der Waals surface area contributed by atoms with Crippen LogP contribution in [0.1, 0.15) is 0 Å². The van der Waals surface area contributed by atoms with Crippen LogP contribution in [0, 0.1) is 0 Å². The molecule has 0 fully saturated rings. The fraction of sp³-hybridized carbons (Fsp3) is 0. The van der Waals surface area contributed by atoms with Crippen molar-refractivity contribution in [1.29, 1.82) is 0 Å². The summed E-state index contributed by atoms with van der Waals surface area (Å²) in [7, 11) is 0. The number of hydrogen-bond acceptors (Lipinski definition) is 4. The number of hydrogen-bond donors (Lipinski definition) is 0. The summed E-state index contributed by atoms with van der Waals surface area (Å²) in [5.41, 5.74) is 7.78. The molecule has 3 aromatic heterocycles. The van der Waals surface area contributed by atoms with Crippen LogP contribution in [0.15, 0.2) is 174 Å². The molecule has 0 aliphatic rings. The summed E-state index contributed by atoms with van der Waals surface area (Å²) in [5, 5.41) is 13.1. The van der Waals surface area contributed by atoms with E-state index >= 15 is 0 Å². The van der Waals surface area contributed by atoms with Gasteiger partial charge in [-0.2, -0.15) is 0 Å². The van der Waals surface area contributed by atoms with Crippen LogP contribution in [-0.2, 0) is 0 Å². The minimum Gasteiger partial charge on any atom is -0.456 e. The first kappa shape index (κ1) is 29.7. The molecule has 54 heavy (non-hydrogen) atoms. The predicted octanol–water partition coefficient (Wildman–Crippen LogP) is 14.4. The first-order valence-corrected chi connectivity index (χ1v) is 19.0. The van der Waals surface area contributed by atoms with Gasteiger partial charge in [-0.3, -0.25) is 0 Å². The topological polar surface area (TPSA) is 38.9 Å². The zero-order valence-electron chi connectivity index (χ0n) is 28.9. The summed E-state index contributed by atoms with van der Waals surface area (Å²) in [5.74, 6) is 0.684. The Morgan fingerprint density at radius 1 is 0.407 bits per heavy atom. The maximum Gasteiger partial charge on any atom is 0.161 e. The molecule has 0 bridgehead atoms. The van der Waals surface area contributed by atoms with Gasteiger partial charge in [0.2, 0.25) is 0 Å². The quantitative estimate of drug-likeness (QED) is 0.172. The van der Waals surface area contributed by atoms with Crippen LogP contribution in [-0.4, -0.2) is 9.97 Å². The lowest BCUT2D eigenvalue weighted by Gasteiger charge is -2.13. The zero-order valence-corrected chi connectivity index (χ0v) is 29.7. The average Bonchev–Trinajstić information content (AvgIpc) is 3.81. The lowest BCUT2D eigenvalue weighted by molar-refractivity contribution is 0.669. The van der Waals surface area contributed by atoms with E-state index in [1.54, 1.807) is 11.3 Å². The molecule has 0 radical (unpaired) electrons. The van der Waals surface area contributed by atoms with Crippen LogP contribution in [0.3, 0.4) is 0 Å². The van der Waals surface area contributed by atoms with E-state index in [1.165, 1.54) is 47.8 Å². The largest absolute Gasteiger partial charge is 0.456 e. The summed E-state index contributed by atoms with van der Waals surface area (Å²) in [6, 6.07) is 60.8. The molecular weight excluding hydrogens is 677 g/mol. The van der Waals surface area contributed by atoms with Crippen molar-refractivity contribution >= 4 is 96.7 Å². The zero-order chi connectivity index (χ0) is 35.3. The van der Waals surface area contributed by atoms with E-state index in [4.69, 9.17) is 14.4 Å². The summed E-state index contributed by atoms with van der Waals surface area (Å²) >= 11 is 1.76. The van der Waals surface area contributed by atoms with Crippen molar-refractivity contribution in [1.82, 2.24) is 9.97 Å². The Labute approximate surface area is 313 Å². The Morgan fingerprint density at radius 3 is 1.83 bits per heavy atom. The number of nitrogens with zero attached hydrogens (tertiary/aromatic N) is 2. The van der Waals surface area contributed by atoms with Gasteiger partial charge in [-0.1, -0.05) is 133 Å². The van der Waals surface area contributed by atoms with Crippen molar-refractivity contribution in [2.45, 2.75) is 0 Å². The molecular formula is C50H28N2OS. The summed E-state index contributed by atoms with van der Waals surface area (Å²) < 4.78 is 8.87. The molecule has 250 valence electrons. The van der Waals surface area contributed by atoms with Crippen LogP contribution in [0.25, 0.3) is 119 Å². The molecule has 0 amide bonds. The van der Waals surface area contributed by atoms with Crippen molar-refractivity contribution in [3.05, 3.63) is 170 Å². The lowest BCUT2D eigenvalue weighted by Crippen LogP contribution is -1.95. The Morgan fingerprint density at radius 2 is 1.04 bits per heavy atom. The average molecular weight is 705 g/mol. The van der Waals surface area contributed by atoms with Gasteiger partial charge >= 0.3 is 0 Å². The third kappa shape index (κ3) is 4.35. The Balaban J connectivity index is 1.18. The van der Waals surface area contributed by atoms with Gasteiger partial charge < -0.3 is 4.42 Å². The van der Waals surface area contributed by atoms with Crippen molar-refractivity contribution in [2.24, 2.45) is 0 Å². The molecule has 3 nitrogen and oxygen atoms in total. The van der Waals surface area contributed by atoms with Crippen LogP contribution >= 0.6 is 11.3 Å². The van der Waals surface area contributed by atoms with Gasteiger partial charge in [0.05, 0.1) is 15.9 Å². The predicted molar refractivity (Wildman–Crippen MR) is 229 cm³/mol. The van der Waals surface area contributed by atoms with Crippen LogP contribution in [0.4, 0.5) is 0 Å². The van der Waals surface area contributed by atoms with E-state index in [9.17, 15) is 0 Å². The second-order valence-corrected chi connectivity index (χ2v) is 15.1. The molecule has 0 atom stereocenters. The number of rotatable bonds is 3. The van der Waals surface area contributed by atoms with Gasteiger partial charge in [0.1, 0.15) is 11.2 Å². The Kier molecular flexibility index (Phi) is 6.21. The van der Waals surface area contributed by atoms with Crippen molar-refractivity contribution in [2.75, 3.05) is 0 Å². The smallest absolute Gasteiger partial charge is 0.161 e. The molecule has 12 rings (SSSR count). The first-order chi connectivity index (χ1) is 26.7. The van der Waals surface area contributed by atoms with E-state index in [0.29, 0.717) is 5.82 Å². The molecule has 0 saturated carbocycles. The third-order valence-corrected chi connectivity index (χ3v) is 12.2. The number of fused-ring (bicyclic) bond motifs is 13. The number of para-hydroxylation sites is 1. The summed E-state index contributed by atoms with van der Waals surface area (Å²) in [6.45, 7) is 0. The molecule has 0 saturated heterocycles. The minimum atomic E-state index is 0.684. The molecule has 0 spiro atoms. The van der Waals surface area contributed by atoms with Gasteiger partial charge in [0, 0.05) is 32.0 Å². The highest BCUT2D eigenvalue weighted by atomic mass is 32.1. The van der Waals surface area contributed by atoms with Gasteiger partial charge in [0.25, 0.3) is 0 Å². The highest BCUT2D eigenvalue weighted by molar-refractivity contribution is 7.26. The summed E-state index contributed by atoms with van der Waals surface area (Å²) in [4.78, 5) is 11.0. The highest BCUT2D eigenvalue weighted by Gasteiger charge is 2.22. The van der Waals surface area contributed by atoms with E-state index < -0.39 is 0 Å². The van der Waals surface area contributed by atoms with E-state index in [2.05, 4.69) is 158 Å². The molecule has 0 aliphatic carbocycles. The molecule has 0 N–H and O–H groups in total. The summed E-state index contributed by atoms with van der Waals surface area (Å²) in [6.07, 6.45) is 0. The van der Waals surface area contributed by atoms with Gasteiger partial charge in [-0.05, 0) is 90.6 Å². The number of thiophene rings is 1. The second kappa shape index (κ2) is 11.3. The second-order valence-electron chi connectivity index (χ2n) is 14.1. The van der Waals surface area contributed by atoms with Crippen molar-refractivity contribution in [3.8, 4) is 33.8 Å². The third-order valence-electron chi connectivity index (χ3n) is 11.0. The van der Waals surface area contributed by atoms with Gasteiger partial charge in [-0.15, -0.1) is 11.3 Å². The maximum atomic E-state index is 6.59. The maximum absolute atomic E-state index is 6.59. The fourth-order valence-electron chi connectivity index (χ4n) is 8.53. The van der Waals surface area contributed by atoms with Crippen molar-refractivity contribution < 1.29 is 4.42 Å². The molecule has 0 aliphatic heterocycles. The normalized spacial score (nSPS) is 12.1. The Hall–Kier alpha value is -6.88. The minimum absolute atomic E-state index is 0.684. The Bertz CT molecular complexity index is 3480.